The van der Waals surface area contributed by atoms with Crippen molar-refractivity contribution in [2.75, 3.05) is 12.0 Å². The molecule has 10 heavy (non-hydrogen) atoms. The fourth-order valence-electron chi connectivity index (χ4n) is 0.722. The van der Waals surface area contributed by atoms with E-state index < -0.39 is 0 Å². The molecular weight excluding hydrogens is 146 g/mol. The highest BCUT2D eigenvalue weighted by atomic mass is 32.2. The first kappa shape index (κ1) is 7.92. The Labute approximate surface area is 65.8 Å². The third-order valence-corrected chi connectivity index (χ3v) is 2.09. The number of hydrogen-bond donors (Lipinski definition) is 1. The minimum atomic E-state index is 0.219. The molecule has 0 radical (unpaired) electrons. The van der Waals surface area contributed by atoms with Crippen molar-refractivity contribution in [1.29, 1.82) is 0 Å². The molecule has 1 amide bonds. The standard InChI is InChI=1S/C7H13NOS/c1-10-5-4-7(9)8-6-2-3-6/h6H,2-5H2,1H3,(H,8,9). The lowest BCUT2D eigenvalue weighted by Crippen LogP contribution is -2.25. The zero-order valence-corrected chi connectivity index (χ0v) is 7.04. The molecular formula is C7H13NOS. The highest BCUT2D eigenvalue weighted by Gasteiger charge is 2.22. The van der Waals surface area contributed by atoms with Gasteiger partial charge in [-0.3, -0.25) is 4.79 Å². The van der Waals surface area contributed by atoms with Gasteiger partial charge in [-0.05, 0) is 19.1 Å². The molecule has 0 aliphatic heterocycles. The Hall–Kier alpha value is -0.180. The van der Waals surface area contributed by atoms with E-state index in [4.69, 9.17) is 0 Å². The first-order chi connectivity index (χ1) is 4.83. The molecule has 1 fully saturated rings. The second kappa shape index (κ2) is 3.86. The molecule has 1 N–H and O–H groups in total. The summed E-state index contributed by atoms with van der Waals surface area (Å²) in [7, 11) is 0. The van der Waals surface area contributed by atoms with E-state index in [2.05, 4.69) is 5.32 Å². The summed E-state index contributed by atoms with van der Waals surface area (Å²) in [4.78, 5) is 10.9. The number of thioether (sulfide) groups is 1. The van der Waals surface area contributed by atoms with E-state index >= 15 is 0 Å². The van der Waals surface area contributed by atoms with Crippen LogP contribution in [0.5, 0.6) is 0 Å². The molecule has 0 saturated heterocycles. The molecule has 1 saturated carbocycles. The van der Waals surface area contributed by atoms with Crippen molar-refractivity contribution in [2.45, 2.75) is 25.3 Å². The fraction of sp³-hybridized carbons (Fsp3) is 0.857. The SMILES string of the molecule is CSCCC(=O)NC1CC1. The van der Waals surface area contributed by atoms with Gasteiger partial charge < -0.3 is 5.32 Å². The number of carbonyl (C=O) groups excluding carboxylic acids is 1. The number of nitrogens with one attached hydrogen (secondary N) is 1. The molecule has 0 bridgehead atoms. The van der Waals surface area contributed by atoms with Crippen molar-refractivity contribution >= 4 is 17.7 Å². The summed E-state index contributed by atoms with van der Waals surface area (Å²) in [6.07, 6.45) is 5.07. The summed E-state index contributed by atoms with van der Waals surface area (Å²) in [6.45, 7) is 0. The van der Waals surface area contributed by atoms with Gasteiger partial charge >= 0.3 is 0 Å². The van der Waals surface area contributed by atoms with Gasteiger partial charge in [-0.1, -0.05) is 0 Å². The maximum Gasteiger partial charge on any atom is 0.221 e. The summed E-state index contributed by atoms with van der Waals surface area (Å²) >= 11 is 1.72. The van der Waals surface area contributed by atoms with Gasteiger partial charge in [-0.25, -0.2) is 0 Å². The number of hydrogen-bond acceptors (Lipinski definition) is 2. The van der Waals surface area contributed by atoms with Crippen LogP contribution in [0.4, 0.5) is 0 Å². The van der Waals surface area contributed by atoms with E-state index in [1.807, 2.05) is 6.26 Å². The number of carbonyl (C=O) groups is 1. The predicted octanol–water partition coefficient (Wildman–Crippen LogP) is 1.02. The third-order valence-electron chi connectivity index (χ3n) is 1.48. The van der Waals surface area contributed by atoms with Gasteiger partial charge in [0.15, 0.2) is 0 Å². The molecule has 1 aliphatic rings. The topological polar surface area (TPSA) is 29.1 Å². The van der Waals surface area contributed by atoms with Gasteiger partial charge in [0.2, 0.25) is 5.91 Å². The maximum absolute atomic E-state index is 10.9. The second-order valence-corrected chi connectivity index (χ2v) is 3.57. The summed E-state index contributed by atoms with van der Waals surface area (Å²) in [5.74, 6) is 1.16. The van der Waals surface area contributed by atoms with E-state index in [1.165, 1.54) is 12.8 Å². The monoisotopic (exact) mass is 159 g/mol. The van der Waals surface area contributed by atoms with Crippen LogP contribution in [0.1, 0.15) is 19.3 Å². The van der Waals surface area contributed by atoms with E-state index in [0.717, 1.165) is 5.75 Å². The average Bonchev–Trinajstić information content (AvgIpc) is 2.67. The van der Waals surface area contributed by atoms with Crippen LogP contribution in [0.2, 0.25) is 0 Å². The highest BCUT2D eigenvalue weighted by molar-refractivity contribution is 7.98. The molecule has 0 atom stereocenters. The van der Waals surface area contributed by atoms with Gasteiger partial charge in [-0.2, -0.15) is 11.8 Å². The lowest BCUT2D eigenvalue weighted by molar-refractivity contribution is -0.120. The molecule has 1 aliphatic carbocycles. The van der Waals surface area contributed by atoms with Gasteiger partial charge in [0.1, 0.15) is 0 Å². The van der Waals surface area contributed by atoms with Crippen LogP contribution in [-0.4, -0.2) is 24.0 Å². The van der Waals surface area contributed by atoms with Crippen LogP contribution in [0, 0.1) is 0 Å². The minimum Gasteiger partial charge on any atom is -0.353 e. The Morgan fingerprint density at radius 1 is 1.70 bits per heavy atom. The van der Waals surface area contributed by atoms with Crippen molar-refractivity contribution in [3.63, 3.8) is 0 Å². The van der Waals surface area contributed by atoms with Crippen LogP contribution in [-0.2, 0) is 4.79 Å². The first-order valence-corrected chi connectivity index (χ1v) is 5.00. The molecule has 0 unspecified atom stereocenters. The molecule has 3 heteroatoms. The van der Waals surface area contributed by atoms with Gasteiger partial charge in [0.05, 0.1) is 0 Å². The van der Waals surface area contributed by atoms with Crippen LogP contribution in [0.3, 0.4) is 0 Å². The van der Waals surface area contributed by atoms with Crippen LogP contribution >= 0.6 is 11.8 Å². The summed E-state index contributed by atoms with van der Waals surface area (Å²) in [6, 6.07) is 0.523. The second-order valence-electron chi connectivity index (χ2n) is 2.58. The van der Waals surface area contributed by atoms with Gasteiger partial charge in [0, 0.05) is 18.2 Å². The lowest BCUT2D eigenvalue weighted by atomic mass is 10.4. The number of amides is 1. The quantitative estimate of drug-likeness (QED) is 0.663. The highest BCUT2D eigenvalue weighted by Crippen LogP contribution is 2.18. The molecule has 0 heterocycles. The van der Waals surface area contributed by atoms with Crippen LogP contribution < -0.4 is 5.32 Å². The smallest absolute Gasteiger partial charge is 0.221 e. The predicted molar refractivity (Wildman–Crippen MR) is 44.2 cm³/mol. The summed E-state index contributed by atoms with van der Waals surface area (Å²) in [5, 5.41) is 2.94. The lowest BCUT2D eigenvalue weighted by Gasteiger charge is -1.99. The molecule has 0 aromatic carbocycles. The van der Waals surface area contributed by atoms with Crippen molar-refractivity contribution < 1.29 is 4.79 Å². The van der Waals surface area contributed by atoms with Crippen LogP contribution in [0.25, 0.3) is 0 Å². The molecule has 58 valence electrons. The van der Waals surface area contributed by atoms with Gasteiger partial charge in [0.25, 0.3) is 0 Å². The van der Waals surface area contributed by atoms with Crippen molar-refractivity contribution in [2.24, 2.45) is 0 Å². The Balaban J connectivity index is 1.97. The zero-order chi connectivity index (χ0) is 7.40. The minimum absolute atomic E-state index is 0.219. The molecule has 0 aromatic heterocycles. The zero-order valence-electron chi connectivity index (χ0n) is 6.22. The Morgan fingerprint density at radius 2 is 2.40 bits per heavy atom. The first-order valence-electron chi connectivity index (χ1n) is 3.61. The Bertz CT molecular complexity index is 123. The Morgan fingerprint density at radius 3 is 2.90 bits per heavy atom. The summed E-state index contributed by atoms with van der Waals surface area (Å²) < 4.78 is 0. The molecule has 0 aromatic rings. The molecule has 2 nitrogen and oxygen atoms in total. The Kier molecular flexibility index (Phi) is 3.06. The maximum atomic E-state index is 10.9. The van der Waals surface area contributed by atoms with Crippen LogP contribution in [0.15, 0.2) is 0 Å². The van der Waals surface area contributed by atoms with E-state index in [1.54, 1.807) is 11.8 Å². The van der Waals surface area contributed by atoms with E-state index in [9.17, 15) is 4.79 Å². The average molecular weight is 159 g/mol. The normalized spacial score (nSPS) is 16.9. The van der Waals surface area contributed by atoms with Gasteiger partial charge in [-0.15, -0.1) is 0 Å². The fourth-order valence-corrected chi connectivity index (χ4v) is 1.11. The number of rotatable bonds is 4. The third kappa shape index (κ3) is 3.11. The van der Waals surface area contributed by atoms with E-state index in [0.29, 0.717) is 12.5 Å². The van der Waals surface area contributed by atoms with Crippen molar-refractivity contribution in [3.05, 3.63) is 0 Å². The van der Waals surface area contributed by atoms with Crippen molar-refractivity contribution in [3.8, 4) is 0 Å². The molecule has 1 rings (SSSR count). The molecule has 0 spiro atoms. The van der Waals surface area contributed by atoms with E-state index in [-0.39, 0.29) is 5.91 Å². The van der Waals surface area contributed by atoms with Crippen molar-refractivity contribution in [1.82, 2.24) is 5.32 Å². The largest absolute Gasteiger partial charge is 0.353 e. The summed E-state index contributed by atoms with van der Waals surface area (Å²) in [5.41, 5.74) is 0.